The van der Waals surface area contributed by atoms with Gasteiger partial charge in [-0.1, -0.05) is 47.5 Å². The maximum absolute atomic E-state index is 11.9. The predicted molar refractivity (Wildman–Crippen MR) is 81.6 cm³/mol. The first-order valence-electron chi connectivity index (χ1n) is 6.09. The summed E-state index contributed by atoms with van der Waals surface area (Å²) >= 11 is 11.4. The molecular formula is C16H8Cl2O4. The molecule has 0 aromatic heterocycles. The molecule has 0 fully saturated rings. The lowest BCUT2D eigenvalue weighted by Gasteiger charge is -2.01. The Hall–Kier alpha value is -2.30. The topological polar surface area (TPSA) is 68.3 Å². The molecule has 0 unspecified atom stereocenters. The minimum atomic E-state index is -1.41. The lowest BCUT2D eigenvalue weighted by atomic mass is 9.99. The molecule has 0 saturated heterocycles. The number of hydrogen-bond donors (Lipinski definition) is 0. The summed E-state index contributed by atoms with van der Waals surface area (Å²) in [5, 5.41) is 0.486. The molecule has 2 aromatic carbocycles. The zero-order valence-electron chi connectivity index (χ0n) is 11.0. The van der Waals surface area contributed by atoms with Gasteiger partial charge in [0.15, 0.2) is 0 Å². The minimum Gasteiger partial charge on any atom is -0.285 e. The van der Waals surface area contributed by atoms with Gasteiger partial charge < -0.3 is 0 Å². The minimum absolute atomic E-state index is 0.0512. The van der Waals surface area contributed by atoms with E-state index in [1.807, 2.05) is 0 Å². The van der Waals surface area contributed by atoms with E-state index < -0.39 is 23.1 Å². The van der Waals surface area contributed by atoms with Gasteiger partial charge in [0.2, 0.25) is 11.6 Å². The average Bonchev–Trinajstić information content (AvgIpc) is 2.52. The molecule has 4 nitrogen and oxygen atoms in total. The normalized spacial score (nSPS) is 10.1. The maximum Gasteiger partial charge on any atom is 0.277 e. The zero-order valence-corrected chi connectivity index (χ0v) is 12.5. The number of ketones is 4. The molecule has 0 heterocycles. The van der Waals surface area contributed by atoms with E-state index in [1.165, 1.54) is 48.5 Å². The third-order valence-electron chi connectivity index (χ3n) is 2.79. The van der Waals surface area contributed by atoms with Crippen molar-refractivity contribution in [3.63, 3.8) is 0 Å². The first kappa shape index (κ1) is 16.1. The molecule has 0 bridgehead atoms. The van der Waals surface area contributed by atoms with Gasteiger partial charge >= 0.3 is 0 Å². The fraction of sp³-hybridized carbons (Fsp3) is 0. The van der Waals surface area contributed by atoms with E-state index >= 15 is 0 Å². The van der Waals surface area contributed by atoms with Crippen molar-refractivity contribution in [3.05, 3.63) is 69.7 Å². The molecule has 0 spiro atoms. The van der Waals surface area contributed by atoms with Crippen molar-refractivity contribution in [2.75, 3.05) is 0 Å². The van der Waals surface area contributed by atoms with Crippen LogP contribution in [0.25, 0.3) is 0 Å². The summed E-state index contributed by atoms with van der Waals surface area (Å²) in [6.45, 7) is 0. The molecule has 0 atom stereocenters. The van der Waals surface area contributed by atoms with Crippen molar-refractivity contribution < 1.29 is 19.2 Å². The molecule has 6 heteroatoms. The molecule has 0 N–H and O–H groups in total. The second-order valence-electron chi connectivity index (χ2n) is 4.34. The fourth-order valence-electron chi connectivity index (χ4n) is 1.73. The van der Waals surface area contributed by atoms with Crippen LogP contribution >= 0.6 is 23.2 Å². The Morgan fingerprint density at radius 1 is 0.636 bits per heavy atom. The Morgan fingerprint density at radius 2 is 1.00 bits per heavy atom. The molecule has 0 aliphatic heterocycles. The number of carbonyl (C=O) groups is 4. The third kappa shape index (κ3) is 3.47. The van der Waals surface area contributed by atoms with Crippen LogP contribution in [-0.4, -0.2) is 23.1 Å². The number of benzene rings is 2. The third-order valence-corrected chi connectivity index (χ3v) is 3.26. The number of hydrogen-bond acceptors (Lipinski definition) is 4. The molecular weight excluding hydrogens is 327 g/mol. The summed E-state index contributed by atoms with van der Waals surface area (Å²) in [6.07, 6.45) is 0. The summed E-state index contributed by atoms with van der Waals surface area (Å²) in [6, 6.07) is 11.1. The van der Waals surface area contributed by atoms with Crippen LogP contribution in [0.1, 0.15) is 20.7 Å². The SMILES string of the molecule is O=C(C(=O)C(=O)c1cccc(Cl)c1)C(=O)c1cccc(Cl)c1. The van der Waals surface area contributed by atoms with Crippen molar-refractivity contribution >= 4 is 46.3 Å². The Balaban J connectivity index is 2.24. The highest BCUT2D eigenvalue weighted by Gasteiger charge is 2.30. The molecule has 0 radical (unpaired) electrons. The molecule has 0 saturated carbocycles. The Morgan fingerprint density at radius 3 is 1.32 bits per heavy atom. The van der Waals surface area contributed by atoms with Gasteiger partial charge in [0.05, 0.1) is 0 Å². The Bertz CT molecular complexity index is 729. The number of rotatable bonds is 5. The molecule has 0 aliphatic rings. The van der Waals surface area contributed by atoms with Gasteiger partial charge in [0.1, 0.15) is 0 Å². The van der Waals surface area contributed by atoms with Gasteiger partial charge in [0.25, 0.3) is 11.6 Å². The van der Waals surface area contributed by atoms with Crippen LogP contribution in [0.4, 0.5) is 0 Å². The lowest BCUT2D eigenvalue weighted by Crippen LogP contribution is -2.30. The van der Waals surface area contributed by atoms with Crippen LogP contribution in [0.2, 0.25) is 10.0 Å². The van der Waals surface area contributed by atoms with Gasteiger partial charge in [-0.05, 0) is 24.3 Å². The quantitative estimate of drug-likeness (QED) is 0.478. The van der Waals surface area contributed by atoms with Crippen molar-refractivity contribution in [2.24, 2.45) is 0 Å². The monoisotopic (exact) mass is 334 g/mol. The van der Waals surface area contributed by atoms with E-state index in [2.05, 4.69) is 0 Å². The summed E-state index contributed by atoms with van der Waals surface area (Å²) < 4.78 is 0. The highest BCUT2D eigenvalue weighted by atomic mass is 35.5. The van der Waals surface area contributed by atoms with Gasteiger partial charge in [0, 0.05) is 21.2 Å². The van der Waals surface area contributed by atoms with Gasteiger partial charge in [-0.15, -0.1) is 0 Å². The van der Waals surface area contributed by atoms with E-state index in [0.29, 0.717) is 0 Å². The van der Waals surface area contributed by atoms with Crippen molar-refractivity contribution in [2.45, 2.75) is 0 Å². The van der Waals surface area contributed by atoms with Crippen LogP contribution in [0.5, 0.6) is 0 Å². The highest BCUT2D eigenvalue weighted by Crippen LogP contribution is 2.14. The van der Waals surface area contributed by atoms with Gasteiger partial charge in [-0.25, -0.2) is 0 Å². The summed E-state index contributed by atoms with van der Waals surface area (Å²) in [5.41, 5.74) is -0.102. The second-order valence-corrected chi connectivity index (χ2v) is 5.21. The number of carbonyl (C=O) groups excluding carboxylic acids is 4. The predicted octanol–water partition coefficient (Wildman–Crippen LogP) is 3.20. The van der Waals surface area contributed by atoms with Gasteiger partial charge in [-0.3, -0.25) is 19.2 Å². The zero-order chi connectivity index (χ0) is 16.3. The molecule has 0 amide bonds. The highest BCUT2D eigenvalue weighted by molar-refractivity contribution is 6.81. The first-order valence-corrected chi connectivity index (χ1v) is 6.84. The van der Waals surface area contributed by atoms with E-state index in [0.717, 1.165) is 0 Å². The van der Waals surface area contributed by atoms with E-state index in [9.17, 15) is 19.2 Å². The summed E-state index contributed by atoms with van der Waals surface area (Å²) in [5.74, 6) is -4.98. The molecule has 2 rings (SSSR count). The smallest absolute Gasteiger partial charge is 0.277 e. The van der Waals surface area contributed by atoms with Crippen LogP contribution < -0.4 is 0 Å². The van der Waals surface area contributed by atoms with Crippen LogP contribution in [-0.2, 0) is 9.59 Å². The first-order chi connectivity index (χ1) is 10.4. The molecule has 2 aromatic rings. The van der Waals surface area contributed by atoms with E-state index in [-0.39, 0.29) is 21.2 Å². The fourth-order valence-corrected chi connectivity index (χ4v) is 2.11. The van der Waals surface area contributed by atoms with Crippen LogP contribution in [0, 0.1) is 0 Å². The van der Waals surface area contributed by atoms with Crippen LogP contribution in [0.15, 0.2) is 48.5 Å². The van der Waals surface area contributed by atoms with Crippen molar-refractivity contribution in [1.82, 2.24) is 0 Å². The van der Waals surface area contributed by atoms with Crippen molar-refractivity contribution in [3.8, 4) is 0 Å². The average molecular weight is 335 g/mol. The molecule has 0 aliphatic carbocycles. The number of halogens is 2. The summed E-state index contributed by atoms with van der Waals surface area (Å²) in [7, 11) is 0. The largest absolute Gasteiger partial charge is 0.285 e. The Labute approximate surface area is 135 Å². The maximum atomic E-state index is 11.9. The number of Topliss-reactive ketones (excluding diaryl/α,β-unsaturated/α-hetero) is 4. The van der Waals surface area contributed by atoms with Gasteiger partial charge in [-0.2, -0.15) is 0 Å². The van der Waals surface area contributed by atoms with Crippen LogP contribution in [0.3, 0.4) is 0 Å². The molecule has 22 heavy (non-hydrogen) atoms. The Kier molecular flexibility index (Phi) is 4.85. The standard InChI is InChI=1S/C16H8Cl2O4/c17-11-5-1-3-9(7-11)13(19)15(21)16(22)14(20)10-4-2-6-12(18)8-10/h1-8H. The van der Waals surface area contributed by atoms with E-state index in [1.54, 1.807) is 0 Å². The molecule has 110 valence electrons. The lowest BCUT2D eigenvalue weighted by molar-refractivity contribution is -0.131. The summed E-state index contributed by atoms with van der Waals surface area (Å²) in [4.78, 5) is 47.6. The van der Waals surface area contributed by atoms with E-state index in [4.69, 9.17) is 23.2 Å². The second kappa shape index (κ2) is 6.64. The van der Waals surface area contributed by atoms with Crippen molar-refractivity contribution in [1.29, 1.82) is 0 Å².